The van der Waals surface area contributed by atoms with E-state index in [1.165, 1.54) is 6.07 Å². The number of rotatable bonds is 2. The van der Waals surface area contributed by atoms with Crippen molar-refractivity contribution in [1.29, 1.82) is 0 Å². The van der Waals surface area contributed by atoms with Crippen LogP contribution in [0.1, 0.15) is 18.1 Å². The number of alkyl halides is 3. The predicted molar refractivity (Wildman–Crippen MR) is 70.6 cm³/mol. The molecular weight excluding hydrogens is 270 g/mol. The van der Waals surface area contributed by atoms with Crippen molar-refractivity contribution in [1.82, 2.24) is 0 Å². The first-order valence-corrected chi connectivity index (χ1v) is 6.08. The topological polar surface area (TPSA) is 26.0 Å². The van der Waals surface area contributed by atoms with Gasteiger partial charge in [0.15, 0.2) is 0 Å². The molecular formula is C15H13F4N. The lowest BCUT2D eigenvalue weighted by atomic mass is 9.99. The van der Waals surface area contributed by atoms with Gasteiger partial charge in [-0.3, -0.25) is 0 Å². The summed E-state index contributed by atoms with van der Waals surface area (Å²) in [6.07, 6.45) is -3.99. The first-order valence-electron chi connectivity index (χ1n) is 6.08. The van der Waals surface area contributed by atoms with E-state index in [4.69, 9.17) is 5.73 Å². The van der Waals surface area contributed by atoms with Gasteiger partial charge in [0.2, 0.25) is 0 Å². The Balaban J connectivity index is 2.47. The molecule has 2 N–H and O–H groups in total. The molecule has 5 heteroatoms. The first kappa shape index (κ1) is 14.4. The molecule has 0 fully saturated rings. The van der Waals surface area contributed by atoms with Crippen LogP contribution in [-0.2, 0) is 12.6 Å². The lowest BCUT2D eigenvalue weighted by molar-refractivity contribution is -0.139. The highest BCUT2D eigenvalue weighted by atomic mass is 19.4. The van der Waals surface area contributed by atoms with Crippen LogP contribution in [0.5, 0.6) is 0 Å². The van der Waals surface area contributed by atoms with Crippen molar-refractivity contribution in [3.8, 4) is 11.1 Å². The number of benzene rings is 2. The average Bonchev–Trinajstić information content (AvgIpc) is 2.37. The number of halogens is 4. The minimum atomic E-state index is -4.68. The van der Waals surface area contributed by atoms with Gasteiger partial charge in [-0.05, 0) is 47.4 Å². The van der Waals surface area contributed by atoms with E-state index in [-0.39, 0.29) is 0 Å². The Morgan fingerprint density at radius 2 is 1.60 bits per heavy atom. The zero-order valence-corrected chi connectivity index (χ0v) is 10.8. The second-order valence-electron chi connectivity index (χ2n) is 4.46. The minimum absolute atomic E-state index is 0.394. The summed E-state index contributed by atoms with van der Waals surface area (Å²) in [4.78, 5) is 0. The SMILES string of the molecule is CCc1cc(-c2ccc(C(F)(F)F)c(F)c2)ccc1N. The number of nitrogen functional groups attached to an aromatic ring is 1. The van der Waals surface area contributed by atoms with Crippen LogP contribution in [0.2, 0.25) is 0 Å². The van der Waals surface area contributed by atoms with Gasteiger partial charge in [-0.2, -0.15) is 13.2 Å². The van der Waals surface area contributed by atoms with Crippen LogP contribution in [-0.4, -0.2) is 0 Å². The Labute approximate surface area is 114 Å². The van der Waals surface area contributed by atoms with E-state index in [0.29, 0.717) is 23.2 Å². The molecule has 0 saturated heterocycles. The number of hydrogen-bond donors (Lipinski definition) is 1. The second kappa shape index (κ2) is 5.15. The van der Waals surface area contributed by atoms with Crippen LogP contribution in [0.25, 0.3) is 11.1 Å². The summed E-state index contributed by atoms with van der Waals surface area (Å²) in [6, 6.07) is 8.01. The maximum Gasteiger partial charge on any atom is 0.419 e. The second-order valence-corrected chi connectivity index (χ2v) is 4.46. The molecule has 0 aliphatic heterocycles. The third kappa shape index (κ3) is 2.76. The van der Waals surface area contributed by atoms with Crippen molar-refractivity contribution in [3.05, 3.63) is 53.3 Å². The highest BCUT2D eigenvalue weighted by Gasteiger charge is 2.33. The molecule has 0 bridgehead atoms. The van der Waals surface area contributed by atoms with Crippen molar-refractivity contribution >= 4 is 5.69 Å². The maximum absolute atomic E-state index is 13.5. The summed E-state index contributed by atoms with van der Waals surface area (Å²) in [7, 11) is 0. The van der Waals surface area contributed by atoms with E-state index in [9.17, 15) is 17.6 Å². The van der Waals surface area contributed by atoms with Gasteiger partial charge in [-0.15, -0.1) is 0 Å². The molecule has 0 aliphatic carbocycles. The molecule has 0 unspecified atom stereocenters. The van der Waals surface area contributed by atoms with Crippen LogP contribution in [0, 0.1) is 5.82 Å². The Morgan fingerprint density at radius 3 is 2.15 bits per heavy atom. The van der Waals surface area contributed by atoms with E-state index >= 15 is 0 Å². The fourth-order valence-corrected chi connectivity index (χ4v) is 2.02. The zero-order chi connectivity index (χ0) is 14.9. The molecule has 0 aromatic heterocycles. The fourth-order valence-electron chi connectivity index (χ4n) is 2.02. The largest absolute Gasteiger partial charge is 0.419 e. The summed E-state index contributed by atoms with van der Waals surface area (Å²) >= 11 is 0. The lowest BCUT2D eigenvalue weighted by Gasteiger charge is -2.11. The molecule has 0 heterocycles. The van der Waals surface area contributed by atoms with Crippen LogP contribution < -0.4 is 5.73 Å². The van der Waals surface area contributed by atoms with Gasteiger partial charge >= 0.3 is 6.18 Å². The predicted octanol–water partition coefficient (Wildman–Crippen LogP) is 4.66. The zero-order valence-electron chi connectivity index (χ0n) is 10.8. The summed E-state index contributed by atoms with van der Waals surface area (Å²) in [6.45, 7) is 1.92. The summed E-state index contributed by atoms with van der Waals surface area (Å²) in [5.74, 6) is -1.27. The van der Waals surface area contributed by atoms with E-state index in [0.717, 1.165) is 17.7 Å². The van der Waals surface area contributed by atoms with Gasteiger partial charge < -0.3 is 5.73 Å². The molecule has 0 atom stereocenters. The van der Waals surface area contributed by atoms with E-state index < -0.39 is 17.6 Å². The summed E-state index contributed by atoms with van der Waals surface area (Å²) in [5.41, 5.74) is 7.04. The Morgan fingerprint density at radius 1 is 1.00 bits per heavy atom. The summed E-state index contributed by atoms with van der Waals surface area (Å²) < 4.78 is 51.0. The molecule has 20 heavy (non-hydrogen) atoms. The normalized spacial score (nSPS) is 11.7. The molecule has 2 aromatic carbocycles. The molecule has 0 aliphatic rings. The number of anilines is 1. The Bertz CT molecular complexity index is 632. The fraction of sp³-hybridized carbons (Fsp3) is 0.200. The van der Waals surface area contributed by atoms with E-state index in [2.05, 4.69) is 0 Å². The number of hydrogen-bond acceptors (Lipinski definition) is 1. The highest BCUT2D eigenvalue weighted by molar-refractivity contribution is 5.68. The molecule has 1 nitrogen and oxygen atoms in total. The van der Waals surface area contributed by atoms with Gasteiger partial charge in [0.05, 0.1) is 5.56 Å². The number of nitrogens with two attached hydrogens (primary N) is 1. The quantitative estimate of drug-likeness (QED) is 0.629. The van der Waals surface area contributed by atoms with Gasteiger partial charge in [0, 0.05) is 5.69 Å². The maximum atomic E-state index is 13.5. The molecule has 0 radical (unpaired) electrons. The van der Waals surface area contributed by atoms with Gasteiger partial charge in [-0.1, -0.05) is 19.1 Å². The highest BCUT2D eigenvalue weighted by Crippen LogP contribution is 2.34. The lowest BCUT2D eigenvalue weighted by Crippen LogP contribution is -2.07. The standard InChI is InChI=1S/C15H13F4N/c1-2-9-7-10(4-6-14(9)20)11-3-5-12(13(16)8-11)15(17,18)19/h3-8H,2,20H2,1H3. The van der Waals surface area contributed by atoms with Crippen molar-refractivity contribution in [2.45, 2.75) is 19.5 Å². The van der Waals surface area contributed by atoms with Crippen LogP contribution in [0.4, 0.5) is 23.2 Å². The number of aryl methyl sites for hydroxylation is 1. The van der Waals surface area contributed by atoms with Gasteiger partial charge in [0.1, 0.15) is 5.82 Å². The van der Waals surface area contributed by atoms with Crippen molar-refractivity contribution in [3.63, 3.8) is 0 Å². The minimum Gasteiger partial charge on any atom is -0.399 e. The third-order valence-corrected chi connectivity index (χ3v) is 3.13. The monoisotopic (exact) mass is 283 g/mol. The van der Waals surface area contributed by atoms with Crippen molar-refractivity contribution in [2.24, 2.45) is 0 Å². The van der Waals surface area contributed by atoms with Crippen LogP contribution in [0.3, 0.4) is 0 Å². The third-order valence-electron chi connectivity index (χ3n) is 3.13. The first-order chi connectivity index (χ1) is 9.32. The van der Waals surface area contributed by atoms with Crippen molar-refractivity contribution < 1.29 is 17.6 Å². The molecule has 106 valence electrons. The summed E-state index contributed by atoms with van der Waals surface area (Å²) in [5, 5.41) is 0. The van der Waals surface area contributed by atoms with E-state index in [1.807, 2.05) is 6.92 Å². The van der Waals surface area contributed by atoms with E-state index in [1.54, 1.807) is 18.2 Å². The molecule has 2 rings (SSSR count). The Hall–Kier alpha value is -2.04. The molecule has 2 aromatic rings. The van der Waals surface area contributed by atoms with Gasteiger partial charge in [0.25, 0.3) is 0 Å². The Kier molecular flexibility index (Phi) is 3.70. The molecule has 0 amide bonds. The smallest absolute Gasteiger partial charge is 0.399 e. The van der Waals surface area contributed by atoms with Crippen molar-refractivity contribution in [2.75, 3.05) is 5.73 Å². The van der Waals surface area contributed by atoms with Gasteiger partial charge in [-0.25, -0.2) is 4.39 Å². The molecule has 0 saturated carbocycles. The average molecular weight is 283 g/mol. The van der Waals surface area contributed by atoms with Crippen LogP contribution in [0.15, 0.2) is 36.4 Å². The molecule has 0 spiro atoms. The van der Waals surface area contributed by atoms with Crippen LogP contribution >= 0.6 is 0 Å².